The fraction of sp³-hybridized carbons (Fsp3) is 0.724. The van der Waals surface area contributed by atoms with Crippen LogP contribution in [0.15, 0.2) is 24.3 Å². The first-order chi connectivity index (χ1) is 16.9. The van der Waals surface area contributed by atoms with Gasteiger partial charge in [-0.05, 0) is 83.0 Å². The Kier molecular flexibility index (Phi) is 7.11. The van der Waals surface area contributed by atoms with Crippen LogP contribution in [-0.4, -0.2) is 70.6 Å². The zero-order valence-electron chi connectivity index (χ0n) is 21.9. The normalized spacial score (nSPS) is 28.9. The lowest BCUT2D eigenvalue weighted by Gasteiger charge is -2.50. The van der Waals surface area contributed by atoms with Crippen LogP contribution in [0, 0.1) is 0 Å². The summed E-state index contributed by atoms with van der Waals surface area (Å²) >= 11 is 0. The number of carbonyl (C=O) groups excluding carboxylic acids is 2. The number of fused-ring (bicyclic) bond motifs is 4. The molecule has 4 heterocycles. The molecule has 1 spiro atoms. The molecule has 1 aromatic rings. The lowest BCUT2D eigenvalue weighted by Crippen LogP contribution is -2.54. The molecule has 0 N–H and O–H groups in total. The molecule has 0 saturated carbocycles. The third-order valence-corrected chi connectivity index (χ3v) is 9.20. The molecule has 2 amide bonds. The van der Waals surface area contributed by atoms with Gasteiger partial charge in [-0.25, -0.2) is 4.79 Å². The molecule has 0 aliphatic carbocycles. The minimum absolute atomic E-state index is 0.0716. The second-order valence-corrected chi connectivity index (χ2v) is 11.7. The van der Waals surface area contributed by atoms with Crippen LogP contribution in [0.4, 0.5) is 4.79 Å². The van der Waals surface area contributed by atoms with Gasteiger partial charge in [0.1, 0.15) is 0 Å². The number of hydrogen-bond acceptors (Lipinski definition) is 4. The molecule has 3 atom stereocenters. The minimum atomic E-state index is -0.0988. The summed E-state index contributed by atoms with van der Waals surface area (Å²) < 4.78 is 5.70. The van der Waals surface area contributed by atoms with E-state index in [1.807, 2.05) is 13.8 Å². The average molecular weight is 482 g/mol. The summed E-state index contributed by atoms with van der Waals surface area (Å²) in [5.41, 5.74) is 2.86. The molecule has 4 aliphatic rings. The van der Waals surface area contributed by atoms with Gasteiger partial charge in [0.25, 0.3) is 0 Å². The quantitative estimate of drug-likeness (QED) is 0.590. The van der Waals surface area contributed by atoms with E-state index in [0.29, 0.717) is 18.1 Å². The molecular formula is C29H43N3O3. The summed E-state index contributed by atoms with van der Waals surface area (Å²) in [6.07, 6.45) is 9.95. The number of rotatable bonds is 2. The summed E-state index contributed by atoms with van der Waals surface area (Å²) in [5, 5.41) is 0. The van der Waals surface area contributed by atoms with Crippen molar-refractivity contribution in [3.8, 4) is 0 Å². The van der Waals surface area contributed by atoms with E-state index in [-0.39, 0.29) is 23.5 Å². The highest BCUT2D eigenvalue weighted by Gasteiger charge is 2.45. The van der Waals surface area contributed by atoms with Crippen molar-refractivity contribution in [2.24, 2.45) is 0 Å². The van der Waals surface area contributed by atoms with Crippen molar-refractivity contribution < 1.29 is 14.3 Å². The molecule has 6 heteroatoms. The second kappa shape index (κ2) is 10.1. The summed E-state index contributed by atoms with van der Waals surface area (Å²) in [4.78, 5) is 32.3. The van der Waals surface area contributed by atoms with Crippen molar-refractivity contribution in [3.63, 3.8) is 0 Å². The Balaban J connectivity index is 1.31. The van der Waals surface area contributed by atoms with Crippen LogP contribution in [-0.2, 0) is 21.5 Å². The molecule has 2 bridgehead atoms. The number of likely N-dealkylation sites (tertiary alicyclic amines) is 1. The highest BCUT2D eigenvalue weighted by Crippen LogP contribution is 2.43. The monoisotopic (exact) mass is 481 g/mol. The highest BCUT2D eigenvalue weighted by molar-refractivity contribution is 5.74. The van der Waals surface area contributed by atoms with Gasteiger partial charge in [0.05, 0.1) is 6.10 Å². The molecule has 3 fully saturated rings. The van der Waals surface area contributed by atoms with E-state index >= 15 is 0 Å². The minimum Gasteiger partial charge on any atom is -0.447 e. The van der Waals surface area contributed by atoms with Crippen LogP contribution in [0.1, 0.15) is 89.7 Å². The maximum atomic E-state index is 13.1. The summed E-state index contributed by atoms with van der Waals surface area (Å²) in [7, 11) is 0. The topological polar surface area (TPSA) is 53.1 Å². The molecule has 35 heavy (non-hydrogen) atoms. The third-order valence-electron chi connectivity index (χ3n) is 9.20. The van der Waals surface area contributed by atoms with Gasteiger partial charge in [0.15, 0.2) is 0 Å². The van der Waals surface area contributed by atoms with E-state index in [0.717, 1.165) is 71.1 Å². The number of hydrogen-bond donors (Lipinski definition) is 0. The van der Waals surface area contributed by atoms with Crippen molar-refractivity contribution in [2.75, 3.05) is 19.6 Å². The van der Waals surface area contributed by atoms with Gasteiger partial charge in [-0.15, -0.1) is 0 Å². The lowest BCUT2D eigenvalue weighted by atomic mass is 9.68. The Morgan fingerprint density at radius 2 is 1.66 bits per heavy atom. The van der Waals surface area contributed by atoms with Crippen molar-refractivity contribution in [1.29, 1.82) is 0 Å². The van der Waals surface area contributed by atoms with E-state index < -0.39 is 0 Å². The Bertz CT molecular complexity index is 924. The predicted octanol–water partition coefficient (Wildman–Crippen LogP) is 5.09. The van der Waals surface area contributed by atoms with E-state index in [1.54, 1.807) is 6.92 Å². The number of amides is 2. The van der Waals surface area contributed by atoms with Crippen molar-refractivity contribution in [2.45, 2.75) is 115 Å². The molecule has 6 nitrogen and oxygen atoms in total. The predicted molar refractivity (Wildman–Crippen MR) is 137 cm³/mol. The number of benzene rings is 1. The number of piperidine rings is 1. The molecule has 0 aromatic heterocycles. The number of carbonyl (C=O) groups is 2. The molecule has 3 saturated heterocycles. The fourth-order valence-electron chi connectivity index (χ4n) is 7.41. The van der Waals surface area contributed by atoms with Crippen LogP contribution in [0.3, 0.4) is 0 Å². The zero-order chi connectivity index (χ0) is 24.6. The lowest BCUT2D eigenvalue weighted by molar-refractivity contribution is -0.131. The van der Waals surface area contributed by atoms with Gasteiger partial charge in [0, 0.05) is 43.6 Å². The van der Waals surface area contributed by atoms with Crippen molar-refractivity contribution in [1.82, 2.24) is 14.7 Å². The standard InChI is InChI=1S/C29H43N3O3/c1-21(2)35-28(34)32-24-9-5-6-10-26(32)18-25(13-12-24)30-16-14-29(15-17-30)20-31(22(3)33)19-23-8-4-7-11-27(23)29/h4,7-8,11,21,24-26H,5-6,9-10,12-20H2,1-3H3. The van der Waals surface area contributed by atoms with E-state index in [2.05, 4.69) is 39.0 Å². The van der Waals surface area contributed by atoms with Gasteiger partial charge in [-0.1, -0.05) is 37.1 Å². The van der Waals surface area contributed by atoms with Gasteiger partial charge in [-0.2, -0.15) is 0 Å². The molecule has 4 aliphatic heterocycles. The van der Waals surface area contributed by atoms with Crippen molar-refractivity contribution in [3.05, 3.63) is 35.4 Å². The van der Waals surface area contributed by atoms with Crippen LogP contribution in [0.25, 0.3) is 0 Å². The molecule has 3 unspecified atom stereocenters. The average Bonchev–Trinajstić information content (AvgIpc) is 3.15. The van der Waals surface area contributed by atoms with Crippen molar-refractivity contribution >= 4 is 12.0 Å². The summed E-state index contributed by atoms with van der Waals surface area (Å²) in [6.45, 7) is 9.32. The second-order valence-electron chi connectivity index (χ2n) is 11.7. The largest absolute Gasteiger partial charge is 0.447 e. The Labute approximate surface area is 211 Å². The van der Waals surface area contributed by atoms with Gasteiger partial charge in [-0.3, -0.25) is 4.79 Å². The highest BCUT2D eigenvalue weighted by atomic mass is 16.6. The van der Waals surface area contributed by atoms with Gasteiger partial charge >= 0.3 is 6.09 Å². The van der Waals surface area contributed by atoms with Crippen LogP contribution >= 0.6 is 0 Å². The smallest absolute Gasteiger partial charge is 0.410 e. The summed E-state index contributed by atoms with van der Waals surface area (Å²) in [5.74, 6) is 0.182. The Morgan fingerprint density at radius 1 is 0.971 bits per heavy atom. The molecular weight excluding hydrogens is 438 g/mol. The molecule has 1 aromatic carbocycles. The molecule has 5 rings (SSSR count). The first kappa shape index (κ1) is 24.6. The number of ether oxygens (including phenoxy) is 1. The van der Waals surface area contributed by atoms with E-state index in [9.17, 15) is 9.59 Å². The molecule has 0 radical (unpaired) electrons. The molecule has 192 valence electrons. The maximum Gasteiger partial charge on any atom is 0.410 e. The van der Waals surface area contributed by atoms with Crippen LogP contribution < -0.4 is 0 Å². The van der Waals surface area contributed by atoms with Gasteiger partial charge in [0.2, 0.25) is 5.91 Å². The SMILES string of the molecule is CC(=O)N1Cc2ccccc2C2(CCN(C3CCC4CCCCC(C3)N4C(=O)OC(C)C)CC2)C1. The van der Waals surface area contributed by atoms with Crippen LogP contribution in [0.2, 0.25) is 0 Å². The Morgan fingerprint density at radius 3 is 2.37 bits per heavy atom. The van der Waals surface area contributed by atoms with E-state index in [4.69, 9.17) is 4.74 Å². The first-order valence-corrected chi connectivity index (χ1v) is 13.9. The first-order valence-electron chi connectivity index (χ1n) is 13.9. The third kappa shape index (κ3) is 4.96. The number of nitrogens with zero attached hydrogens (tertiary/aromatic N) is 3. The Hall–Kier alpha value is -2.08. The van der Waals surface area contributed by atoms with Crippen LogP contribution in [0.5, 0.6) is 0 Å². The fourth-order valence-corrected chi connectivity index (χ4v) is 7.41. The van der Waals surface area contributed by atoms with Gasteiger partial charge < -0.3 is 19.4 Å². The summed E-state index contributed by atoms with van der Waals surface area (Å²) in [6, 6.07) is 9.92. The zero-order valence-corrected chi connectivity index (χ0v) is 21.9. The van der Waals surface area contributed by atoms with E-state index in [1.165, 1.54) is 24.0 Å². The maximum absolute atomic E-state index is 13.1.